The summed E-state index contributed by atoms with van der Waals surface area (Å²) in [6.45, 7) is 10.3. The minimum atomic E-state index is 0.890. The molecule has 0 amide bonds. The van der Waals surface area contributed by atoms with E-state index < -0.39 is 0 Å². The molecule has 0 fully saturated rings. The third kappa shape index (κ3) is 2.70. The largest absolute Gasteiger partial charge is 0.497 e. The average molecular weight is 252 g/mol. The topological polar surface area (TPSA) is 9.23 Å². The smallest absolute Gasteiger partial charge is 0.119 e. The highest BCUT2D eigenvalue weighted by Gasteiger charge is 2.08. The maximum Gasteiger partial charge on any atom is 0.119 e. The Kier molecular flexibility index (Phi) is 3.75. The van der Waals surface area contributed by atoms with Gasteiger partial charge in [0.2, 0.25) is 0 Å². The highest BCUT2D eigenvalue weighted by molar-refractivity contribution is 5.76. The standard InChI is InChI=1S/C18H20O/c1-12(2)15-8-6-13(3)17(10-15)18-11-16(19-5)9-7-14(18)4/h6-11H,1H2,2-5H3. The second-order valence-corrected chi connectivity index (χ2v) is 4.99. The number of benzene rings is 2. The van der Waals surface area contributed by atoms with Gasteiger partial charge in [-0.1, -0.05) is 30.4 Å². The molecule has 1 heteroatoms. The van der Waals surface area contributed by atoms with Crippen molar-refractivity contribution in [1.29, 1.82) is 0 Å². The van der Waals surface area contributed by atoms with E-state index in [0.717, 1.165) is 11.3 Å². The maximum absolute atomic E-state index is 5.33. The van der Waals surface area contributed by atoms with Crippen molar-refractivity contribution in [3.8, 4) is 16.9 Å². The Labute approximate surface area is 115 Å². The molecule has 0 bridgehead atoms. The van der Waals surface area contributed by atoms with E-state index in [1.54, 1.807) is 7.11 Å². The fraction of sp³-hybridized carbons (Fsp3) is 0.222. The van der Waals surface area contributed by atoms with Gasteiger partial charge in [-0.15, -0.1) is 0 Å². The van der Waals surface area contributed by atoms with Crippen LogP contribution in [0, 0.1) is 13.8 Å². The van der Waals surface area contributed by atoms with E-state index in [-0.39, 0.29) is 0 Å². The molecule has 0 saturated heterocycles. The lowest BCUT2D eigenvalue weighted by Crippen LogP contribution is -1.91. The summed E-state index contributed by atoms with van der Waals surface area (Å²) in [6, 6.07) is 12.7. The van der Waals surface area contributed by atoms with Crippen molar-refractivity contribution in [2.45, 2.75) is 20.8 Å². The average Bonchev–Trinajstić information content (AvgIpc) is 2.40. The molecule has 0 aliphatic heterocycles. The lowest BCUT2D eigenvalue weighted by molar-refractivity contribution is 0.415. The first-order valence-corrected chi connectivity index (χ1v) is 6.44. The second-order valence-electron chi connectivity index (χ2n) is 4.99. The zero-order valence-electron chi connectivity index (χ0n) is 12.1. The SMILES string of the molecule is C=C(C)c1ccc(C)c(-c2cc(OC)ccc2C)c1. The van der Waals surface area contributed by atoms with Crippen molar-refractivity contribution in [3.05, 3.63) is 59.7 Å². The normalized spacial score (nSPS) is 10.3. The summed E-state index contributed by atoms with van der Waals surface area (Å²) in [5.74, 6) is 0.890. The summed E-state index contributed by atoms with van der Waals surface area (Å²) in [5, 5.41) is 0. The van der Waals surface area contributed by atoms with Crippen LogP contribution < -0.4 is 4.74 Å². The highest BCUT2D eigenvalue weighted by atomic mass is 16.5. The molecule has 19 heavy (non-hydrogen) atoms. The van der Waals surface area contributed by atoms with Gasteiger partial charge < -0.3 is 4.74 Å². The Morgan fingerprint density at radius 2 is 1.53 bits per heavy atom. The Morgan fingerprint density at radius 1 is 0.947 bits per heavy atom. The summed E-state index contributed by atoms with van der Waals surface area (Å²) in [6.07, 6.45) is 0. The van der Waals surface area contributed by atoms with Crippen LogP contribution in [0.15, 0.2) is 43.0 Å². The maximum atomic E-state index is 5.33. The van der Waals surface area contributed by atoms with Gasteiger partial charge in [0.05, 0.1) is 7.11 Å². The number of hydrogen-bond donors (Lipinski definition) is 0. The Bertz CT molecular complexity index is 624. The molecule has 0 aliphatic rings. The first kappa shape index (κ1) is 13.4. The van der Waals surface area contributed by atoms with E-state index in [0.29, 0.717) is 0 Å². The molecule has 98 valence electrons. The van der Waals surface area contributed by atoms with Gasteiger partial charge in [-0.2, -0.15) is 0 Å². The van der Waals surface area contributed by atoms with E-state index in [9.17, 15) is 0 Å². The van der Waals surface area contributed by atoms with E-state index >= 15 is 0 Å². The van der Waals surface area contributed by atoms with Crippen LogP contribution in [0.25, 0.3) is 16.7 Å². The zero-order chi connectivity index (χ0) is 14.0. The minimum Gasteiger partial charge on any atom is -0.497 e. The van der Waals surface area contributed by atoms with Crippen LogP contribution in [0.5, 0.6) is 5.75 Å². The molecule has 0 aromatic heterocycles. The van der Waals surface area contributed by atoms with Crippen LogP contribution in [-0.2, 0) is 0 Å². The third-order valence-electron chi connectivity index (χ3n) is 3.47. The molecule has 0 unspecified atom stereocenters. The molecule has 0 N–H and O–H groups in total. The lowest BCUT2D eigenvalue weighted by atomic mass is 9.93. The van der Waals surface area contributed by atoms with Gasteiger partial charge in [-0.25, -0.2) is 0 Å². The number of ether oxygens (including phenoxy) is 1. The van der Waals surface area contributed by atoms with E-state index in [1.165, 1.54) is 27.8 Å². The molecule has 0 saturated carbocycles. The fourth-order valence-corrected chi connectivity index (χ4v) is 2.20. The number of rotatable bonds is 3. The molecule has 0 aliphatic carbocycles. The molecule has 0 heterocycles. The van der Waals surface area contributed by atoms with Crippen LogP contribution in [0.3, 0.4) is 0 Å². The van der Waals surface area contributed by atoms with Gasteiger partial charge in [0.15, 0.2) is 0 Å². The zero-order valence-corrected chi connectivity index (χ0v) is 12.1. The quantitative estimate of drug-likeness (QED) is 0.746. The van der Waals surface area contributed by atoms with Gasteiger partial charge in [-0.05, 0) is 66.8 Å². The number of hydrogen-bond acceptors (Lipinski definition) is 1. The number of methoxy groups -OCH3 is 1. The lowest BCUT2D eigenvalue weighted by Gasteiger charge is -2.13. The molecule has 2 rings (SSSR count). The van der Waals surface area contributed by atoms with E-state index in [1.807, 2.05) is 13.0 Å². The third-order valence-corrected chi connectivity index (χ3v) is 3.47. The summed E-state index contributed by atoms with van der Waals surface area (Å²) in [4.78, 5) is 0. The highest BCUT2D eigenvalue weighted by Crippen LogP contribution is 2.31. The molecule has 2 aromatic rings. The molecular weight excluding hydrogens is 232 g/mol. The molecular formula is C18H20O. The minimum absolute atomic E-state index is 0.890. The van der Waals surface area contributed by atoms with Gasteiger partial charge in [0.1, 0.15) is 5.75 Å². The molecule has 0 atom stereocenters. The Morgan fingerprint density at radius 3 is 2.11 bits per heavy atom. The van der Waals surface area contributed by atoms with E-state index in [4.69, 9.17) is 4.74 Å². The van der Waals surface area contributed by atoms with Crippen LogP contribution in [-0.4, -0.2) is 7.11 Å². The van der Waals surface area contributed by atoms with Crippen LogP contribution in [0.2, 0.25) is 0 Å². The molecule has 0 radical (unpaired) electrons. The number of allylic oxidation sites excluding steroid dienone is 1. The molecule has 1 nitrogen and oxygen atoms in total. The summed E-state index contributed by atoms with van der Waals surface area (Å²) < 4.78 is 5.33. The molecule has 2 aromatic carbocycles. The van der Waals surface area contributed by atoms with Crippen molar-refractivity contribution in [2.75, 3.05) is 7.11 Å². The van der Waals surface area contributed by atoms with Crippen molar-refractivity contribution in [2.24, 2.45) is 0 Å². The van der Waals surface area contributed by atoms with Crippen molar-refractivity contribution < 1.29 is 4.74 Å². The van der Waals surface area contributed by atoms with Crippen LogP contribution >= 0.6 is 0 Å². The fourth-order valence-electron chi connectivity index (χ4n) is 2.20. The summed E-state index contributed by atoms with van der Waals surface area (Å²) in [7, 11) is 1.70. The van der Waals surface area contributed by atoms with Gasteiger partial charge in [0, 0.05) is 0 Å². The summed E-state index contributed by atoms with van der Waals surface area (Å²) in [5.41, 5.74) is 7.26. The van der Waals surface area contributed by atoms with Gasteiger partial charge >= 0.3 is 0 Å². The van der Waals surface area contributed by atoms with Crippen molar-refractivity contribution in [3.63, 3.8) is 0 Å². The van der Waals surface area contributed by atoms with Crippen molar-refractivity contribution in [1.82, 2.24) is 0 Å². The Hall–Kier alpha value is -2.02. The predicted octanol–water partition coefficient (Wildman–Crippen LogP) is 5.01. The van der Waals surface area contributed by atoms with Gasteiger partial charge in [0.25, 0.3) is 0 Å². The predicted molar refractivity (Wildman–Crippen MR) is 82.6 cm³/mol. The molecule has 0 spiro atoms. The van der Waals surface area contributed by atoms with Crippen LogP contribution in [0.4, 0.5) is 0 Å². The first-order chi connectivity index (χ1) is 9.02. The van der Waals surface area contributed by atoms with E-state index in [2.05, 4.69) is 50.8 Å². The second kappa shape index (κ2) is 5.31. The van der Waals surface area contributed by atoms with Crippen LogP contribution in [0.1, 0.15) is 23.6 Å². The first-order valence-electron chi connectivity index (χ1n) is 6.44. The number of aryl methyl sites for hydroxylation is 2. The van der Waals surface area contributed by atoms with Crippen molar-refractivity contribution >= 4 is 5.57 Å². The monoisotopic (exact) mass is 252 g/mol. The Balaban J connectivity index is 2.63. The summed E-state index contributed by atoms with van der Waals surface area (Å²) >= 11 is 0. The van der Waals surface area contributed by atoms with Gasteiger partial charge in [-0.3, -0.25) is 0 Å².